The Morgan fingerprint density at radius 3 is 2.31 bits per heavy atom. The first kappa shape index (κ1) is 15.8. The molecule has 98 valence electrons. The van der Waals surface area contributed by atoms with E-state index in [9.17, 15) is 5.11 Å². The maximum absolute atomic E-state index is 9.76. The van der Waals surface area contributed by atoms with Gasteiger partial charge in [0.15, 0.2) is 0 Å². The standard InChI is InChI=1S/C12H28N2O2/c1-5-7-14(9-8-13(3)4)10-12(15)11-16-6-2/h12,15H,5-11H2,1-4H3. The van der Waals surface area contributed by atoms with E-state index >= 15 is 0 Å². The normalized spacial score (nSPS) is 13.7. The van der Waals surface area contributed by atoms with Crippen LogP contribution in [0.5, 0.6) is 0 Å². The van der Waals surface area contributed by atoms with E-state index in [1.54, 1.807) is 0 Å². The predicted octanol–water partition coefficient (Wildman–Crippen LogP) is 0.657. The SMILES string of the molecule is CCCN(CCN(C)C)CC(O)COCC. The lowest BCUT2D eigenvalue weighted by Crippen LogP contribution is -2.39. The van der Waals surface area contributed by atoms with Crippen molar-refractivity contribution in [2.45, 2.75) is 26.4 Å². The number of ether oxygens (including phenoxy) is 1. The van der Waals surface area contributed by atoms with E-state index in [1.807, 2.05) is 6.92 Å². The summed E-state index contributed by atoms with van der Waals surface area (Å²) in [5.41, 5.74) is 0. The first-order valence-corrected chi connectivity index (χ1v) is 6.23. The second-order valence-corrected chi connectivity index (χ2v) is 4.42. The molecule has 0 aromatic rings. The highest BCUT2D eigenvalue weighted by atomic mass is 16.5. The van der Waals surface area contributed by atoms with Crippen LogP contribution in [0.15, 0.2) is 0 Å². The topological polar surface area (TPSA) is 35.9 Å². The van der Waals surface area contributed by atoms with Crippen molar-refractivity contribution in [3.63, 3.8) is 0 Å². The number of hydrogen-bond donors (Lipinski definition) is 1. The Kier molecular flexibility index (Phi) is 9.92. The Labute approximate surface area is 100 Å². The predicted molar refractivity (Wildman–Crippen MR) is 67.8 cm³/mol. The molecule has 16 heavy (non-hydrogen) atoms. The van der Waals surface area contributed by atoms with E-state index in [0.29, 0.717) is 19.8 Å². The van der Waals surface area contributed by atoms with Gasteiger partial charge in [-0.2, -0.15) is 0 Å². The van der Waals surface area contributed by atoms with Crippen molar-refractivity contribution in [3.05, 3.63) is 0 Å². The molecule has 0 spiro atoms. The van der Waals surface area contributed by atoms with Gasteiger partial charge in [0.05, 0.1) is 12.7 Å². The first-order chi connectivity index (χ1) is 7.60. The second-order valence-electron chi connectivity index (χ2n) is 4.42. The molecule has 0 radical (unpaired) electrons. The highest BCUT2D eigenvalue weighted by Crippen LogP contribution is 1.96. The maximum Gasteiger partial charge on any atom is 0.0900 e. The van der Waals surface area contributed by atoms with E-state index < -0.39 is 0 Å². The summed E-state index contributed by atoms with van der Waals surface area (Å²) in [5.74, 6) is 0. The van der Waals surface area contributed by atoms with Gasteiger partial charge < -0.3 is 14.7 Å². The van der Waals surface area contributed by atoms with Gasteiger partial charge in [0, 0.05) is 26.2 Å². The number of rotatable bonds is 10. The van der Waals surface area contributed by atoms with Crippen LogP contribution in [0.1, 0.15) is 20.3 Å². The molecule has 0 saturated carbocycles. The molecule has 0 aromatic carbocycles. The molecule has 0 heterocycles. The number of aliphatic hydroxyl groups is 1. The zero-order chi connectivity index (χ0) is 12.4. The largest absolute Gasteiger partial charge is 0.389 e. The van der Waals surface area contributed by atoms with Gasteiger partial charge in [0.25, 0.3) is 0 Å². The van der Waals surface area contributed by atoms with Crippen LogP contribution in [-0.2, 0) is 4.74 Å². The van der Waals surface area contributed by atoms with Gasteiger partial charge in [0.2, 0.25) is 0 Å². The molecule has 0 aliphatic carbocycles. The summed E-state index contributed by atoms with van der Waals surface area (Å²) >= 11 is 0. The van der Waals surface area contributed by atoms with Crippen LogP contribution in [-0.4, -0.2) is 74.5 Å². The van der Waals surface area contributed by atoms with E-state index in [2.05, 4.69) is 30.8 Å². The minimum atomic E-state index is -0.367. The molecule has 0 aliphatic heterocycles. The molecule has 4 heteroatoms. The molecule has 1 unspecified atom stereocenters. The fraction of sp³-hybridized carbons (Fsp3) is 1.00. The van der Waals surface area contributed by atoms with Crippen LogP contribution in [0.3, 0.4) is 0 Å². The summed E-state index contributed by atoms with van der Waals surface area (Å²) in [6.07, 6.45) is 0.753. The highest BCUT2D eigenvalue weighted by molar-refractivity contribution is 4.65. The van der Waals surface area contributed by atoms with Crippen molar-refractivity contribution >= 4 is 0 Å². The molecule has 0 rings (SSSR count). The van der Waals surface area contributed by atoms with Crippen LogP contribution < -0.4 is 0 Å². The minimum absolute atomic E-state index is 0.367. The molecule has 0 amide bonds. The van der Waals surface area contributed by atoms with Gasteiger partial charge in [-0.25, -0.2) is 0 Å². The molecular weight excluding hydrogens is 204 g/mol. The molecule has 1 atom stereocenters. The lowest BCUT2D eigenvalue weighted by atomic mass is 10.3. The van der Waals surface area contributed by atoms with Crippen LogP contribution in [0, 0.1) is 0 Å². The molecule has 0 fully saturated rings. The average molecular weight is 232 g/mol. The summed E-state index contributed by atoms with van der Waals surface area (Å²) in [6.45, 7) is 9.01. The summed E-state index contributed by atoms with van der Waals surface area (Å²) in [5, 5.41) is 9.76. The van der Waals surface area contributed by atoms with E-state index in [1.165, 1.54) is 0 Å². The van der Waals surface area contributed by atoms with Crippen molar-refractivity contribution in [3.8, 4) is 0 Å². The molecule has 0 aliphatic rings. The summed E-state index contributed by atoms with van der Waals surface area (Å²) in [4.78, 5) is 4.46. The Morgan fingerprint density at radius 2 is 1.81 bits per heavy atom. The summed E-state index contributed by atoms with van der Waals surface area (Å²) in [7, 11) is 4.14. The zero-order valence-corrected chi connectivity index (χ0v) is 11.3. The Morgan fingerprint density at radius 1 is 1.12 bits per heavy atom. The summed E-state index contributed by atoms with van der Waals surface area (Å²) < 4.78 is 5.21. The zero-order valence-electron chi connectivity index (χ0n) is 11.3. The molecular formula is C12H28N2O2. The fourth-order valence-electron chi connectivity index (χ4n) is 1.56. The molecule has 0 aromatic heterocycles. The van der Waals surface area contributed by atoms with Gasteiger partial charge in [0.1, 0.15) is 0 Å². The molecule has 0 saturated heterocycles. The molecule has 1 N–H and O–H groups in total. The quantitative estimate of drug-likeness (QED) is 0.600. The summed E-state index contributed by atoms with van der Waals surface area (Å²) in [6, 6.07) is 0. The van der Waals surface area contributed by atoms with Crippen molar-refractivity contribution in [2.75, 3.05) is 53.5 Å². The Hall–Kier alpha value is -0.160. The van der Waals surface area contributed by atoms with Crippen molar-refractivity contribution < 1.29 is 9.84 Å². The minimum Gasteiger partial charge on any atom is -0.389 e. The van der Waals surface area contributed by atoms with E-state index in [-0.39, 0.29) is 6.10 Å². The number of likely N-dealkylation sites (N-methyl/N-ethyl adjacent to an activating group) is 1. The number of hydrogen-bond acceptors (Lipinski definition) is 4. The van der Waals surface area contributed by atoms with Gasteiger partial charge in [-0.05, 0) is 34.0 Å². The van der Waals surface area contributed by atoms with Crippen LogP contribution in [0.2, 0.25) is 0 Å². The Balaban J connectivity index is 3.81. The van der Waals surface area contributed by atoms with Crippen molar-refractivity contribution in [1.29, 1.82) is 0 Å². The maximum atomic E-state index is 9.76. The van der Waals surface area contributed by atoms with Crippen LogP contribution in [0.4, 0.5) is 0 Å². The number of aliphatic hydroxyl groups excluding tert-OH is 1. The van der Waals surface area contributed by atoms with Crippen LogP contribution >= 0.6 is 0 Å². The average Bonchev–Trinajstić information content (AvgIpc) is 2.23. The Bertz CT molecular complexity index is 154. The van der Waals surface area contributed by atoms with Gasteiger partial charge in [-0.15, -0.1) is 0 Å². The van der Waals surface area contributed by atoms with Crippen LogP contribution in [0.25, 0.3) is 0 Å². The smallest absolute Gasteiger partial charge is 0.0900 e. The van der Waals surface area contributed by atoms with E-state index in [4.69, 9.17) is 4.74 Å². The first-order valence-electron chi connectivity index (χ1n) is 6.23. The lowest BCUT2D eigenvalue weighted by molar-refractivity contribution is 0.0202. The van der Waals surface area contributed by atoms with E-state index in [0.717, 1.165) is 26.1 Å². The van der Waals surface area contributed by atoms with Gasteiger partial charge in [-0.3, -0.25) is 4.90 Å². The highest BCUT2D eigenvalue weighted by Gasteiger charge is 2.11. The van der Waals surface area contributed by atoms with Gasteiger partial charge >= 0.3 is 0 Å². The van der Waals surface area contributed by atoms with Gasteiger partial charge in [-0.1, -0.05) is 6.92 Å². The fourth-order valence-corrected chi connectivity index (χ4v) is 1.56. The second kappa shape index (κ2) is 10.0. The third kappa shape index (κ3) is 9.09. The third-order valence-electron chi connectivity index (χ3n) is 2.39. The lowest BCUT2D eigenvalue weighted by Gasteiger charge is -2.25. The third-order valence-corrected chi connectivity index (χ3v) is 2.39. The van der Waals surface area contributed by atoms with Crippen molar-refractivity contribution in [2.24, 2.45) is 0 Å². The van der Waals surface area contributed by atoms with Crippen molar-refractivity contribution in [1.82, 2.24) is 9.80 Å². The molecule has 0 bridgehead atoms. The number of nitrogens with zero attached hydrogens (tertiary/aromatic N) is 2. The monoisotopic (exact) mass is 232 g/mol. The molecule has 4 nitrogen and oxygen atoms in total.